The monoisotopic (exact) mass is 810 g/mol. The Morgan fingerprint density at radius 2 is 0.789 bits per heavy atom. The normalized spacial score (nSPS) is 14.2. The molecular weight excluding hydrogens is 707 g/mol. The van der Waals surface area contributed by atoms with Crippen LogP contribution >= 0.6 is 0 Å². The average molecular weight is 810 g/mol. The van der Waals surface area contributed by atoms with Crippen LogP contribution in [0.2, 0.25) is 0 Å². The van der Waals surface area contributed by atoms with Gasteiger partial charge in [0.15, 0.2) is 12.6 Å². The molecule has 0 fully saturated rings. The fourth-order valence-corrected chi connectivity index (χ4v) is 8.13. The van der Waals surface area contributed by atoms with E-state index in [1.54, 1.807) is 0 Å². The van der Waals surface area contributed by atoms with Gasteiger partial charge >= 0.3 is 0 Å². The molecule has 3 N–H and O–H groups in total. The predicted molar refractivity (Wildman–Crippen MR) is 248 cm³/mol. The summed E-state index contributed by atoms with van der Waals surface area (Å²) in [5.74, 6) is 1.02. The van der Waals surface area contributed by atoms with Gasteiger partial charge in [-0.3, -0.25) is 0 Å². The molecule has 0 aromatic rings. The third-order valence-electron chi connectivity index (χ3n) is 12.1. The number of hydrogen-bond acceptors (Lipinski definition) is 6. The van der Waals surface area contributed by atoms with Crippen LogP contribution in [-0.2, 0) is 9.47 Å². The first-order chi connectivity index (χ1) is 28.0. The third-order valence-corrected chi connectivity index (χ3v) is 12.1. The van der Waals surface area contributed by atoms with Gasteiger partial charge in [0, 0.05) is 6.54 Å². The van der Waals surface area contributed by atoms with Crippen LogP contribution < -0.4 is 0 Å². The van der Waals surface area contributed by atoms with E-state index >= 15 is 0 Å². The number of rotatable bonds is 48. The first-order valence-corrected chi connectivity index (χ1v) is 25.6. The second-order valence-corrected chi connectivity index (χ2v) is 17.8. The second-order valence-electron chi connectivity index (χ2n) is 17.8. The minimum Gasteiger partial charge on any atom is -0.395 e. The quantitative estimate of drug-likeness (QED) is 0.0323. The van der Waals surface area contributed by atoms with Crippen molar-refractivity contribution in [3.05, 3.63) is 12.2 Å². The fourth-order valence-electron chi connectivity index (χ4n) is 8.13. The van der Waals surface area contributed by atoms with Gasteiger partial charge < -0.3 is 29.7 Å². The molecule has 4 unspecified atom stereocenters. The maximum absolute atomic E-state index is 10.8. The smallest absolute Gasteiger partial charge is 0.154 e. The Balaban J connectivity index is 4.51. The molecule has 0 radical (unpaired) electrons. The molecule has 6 nitrogen and oxygen atoms in total. The number of hydrogen-bond donors (Lipinski definition) is 3. The molecule has 0 amide bonds. The lowest BCUT2D eigenvalue weighted by Crippen LogP contribution is -2.30. The van der Waals surface area contributed by atoms with Gasteiger partial charge in [0.2, 0.25) is 0 Å². The van der Waals surface area contributed by atoms with Crippen LogP contribution in [-0.4, -0.2) is 72.3 Å². The Morgan fingerprint density at radius 3 is 1.28 bits per heavy atom. The minimum absolute atomic E-state index is 0.136. The lowest BCUT2D eigenvalue weighted by Gasteiger charge is -2.23. The van der Waals surface area contributed by atoms with Crippen molar-refractivity contribution in [2.45, 2.75) is 265 Å². The molecule has 342 valence electrons. The highest BCUT2D eigenvalue weighted by Gasteiger charge is 2.15. The van der Waals surface area contributed by atoms with Crippen LogP contribution in [0.1, 0.15) is 252 Å². The SMILES string of the molecule is CCCCC/C=C/CC(CCCCCCCCCC)COC(O)CCCCN(CCO)CCCC(O)OCC(CCCCCCCC)CCCCCCCCCC. The van der Waals surface area contributed by atoms with Crippen molar-refractivity contribution in [1.82, 2.24) is 4.90 Å². The highest BCUT2D eigenvalue weighted by Crippen LogP contribution is 2.22. The maximum Gasteiger partial charge on any atom is 0.154 e. The Kier molecular flexibility index (Phi) is 46.2. The summed E-state index contributed by atoms with van der Waals surface area (Å²) in [6, 6.07) is 0. The number of allylic oxidation sites excluding steroid dienone is 2. The van der Waals surface area contributed by atoms with Crippen molar-refractivity contribution in [3.8, 4) is 0 Å². The van der Waals surface area contributed by atoms with Gasteiger partial charge in [0.25, 0.3) is 0 Å². The Bertz CT molecular complexity index is 781. The molecule has 0 rings (SSSR count). The number of nitrogens with zero attached hydrogens (tertiary/aromatic N) is 1. The van der Waals surface area contributed by atoms with Crippen LogP contribution in [0.15, 0.2) is 12.2 Å². The van der Waals surface area contributed by atoms with E-state index in [9.17, 15) is 15.3 Å². The molecule has 0 spiro atoms. The van der Waals surface area contributed by atoms with E-state index in [2.05, 4.69) is 44.7 Å². The van der Waals surface area contributed by atoms with Gasteiger partial charge in [-0.2, -0.15) is 0 Å². The van der Waals surface area contributed by atoms with Crippen LogP contribution in [0.5, 0.6) is 0 Å². The van der Waals surface area contributed by atoms with Crippen LogP contribution in [0.25, 0.3) is 0 Å². The molecule has 0 aliphatic carbocycles. The zero-order valence-corrected chi connectivity index (χ0v) is 39.1. The molecule has 0 heterocycles. The molecule has 0 aromatic carbocycles. The second kappa shape index (κ2) is 46.6. The minimum atomic E-state index is -0.713. The van der Waals surface area contributed by atoms with E-state index in [1.807, 2.05) is 0 Å². The molecule has 6 heteroatoms. The van der Waals surface area contributed by atoms with Crippen molar-refractivity contribution < 1.29 is 24.8 Å². The lowest BCUT2D eigenvalue weighted by molar-refractivity contribution is -0.116. The van der Waals surface area contributed by atoms with Crippen LogP contribution in [0.4, 0.5) is 0 Å². The summed E-state index contributed by atoms with van der Waals surface area (Å²) in [6.45, 7) is 12.9. The number of aliphatic hydroxyl groups is 3. The van der Waals surface area contributed by atoms with Gasteiger partial charge in [-0.25, -0.2) is 0 Å². The summed E-state index contributed by atoms with van der Waals surface area (Å²) < 4.78 is 12.1. The molecule has 0 saturated carbocycles. The van der Waals surface area contributed by atoms with Crippen molar-refractivity contribution in [2.75, 3.05) is 39.5 Å². The molecule has 0 bridgehead atoms. The molecular formula is C51H103NO5. The number of aliphatic hydroxyl groups excluding tert-OH is 3. The Hall–Kier alpha value is -0.500. The highest BCUT2D eigenvalue weighted by atomic mass is 16.6. The standard InChI is InChI=1S/C51H103NO5/c1-5-9-13-17-21-23-27-31-38-48(36-29-25-19-15-11-7-3)46-56-50(54)40-33-34-42-52(44-45-53)43-35-41-51(55)57-47-49(37-30-26-20-16-12-8-4)39-32-28-24-22-18-14-10-6-2/h25,29,48-51,53-55H,5-24,26-28,30-47H2,1-4H3/b29-25+. The number of unbranched alkanes of at least 4 members (excludes halogenated alkanes) is 23. The van der Waals surface area contributed by atoms with E-state index < -0.39 is 12.6 Å². The molecule has 0 saturated heterocycles. The van der Waals surface area contributed by atoms with Gasteiger partial charge in [-0.1, -0.05) is 194 Å². The summed E-state index contributed by atoms with van der Waals surface area (Å²) >= 11 is 0. The molecule has 0 aliphatic rings. The molecule has 4 atom stereocenters. The van der Waals surface area contributed by atoms with Crippen molar-refractivity contribution in [3.63, 3.8) is 0 Å². The molecule has 0 aliphatic heterocycles. The van der Waals surface area contributed by atoms with Crippen LogP contribution in [0.3, 0.4) is 0 Å². The van der Waals surface area contributed by atoms with Gasteiger partial charge in [0.1, 0.15) is 0 Å². The van der Waals surface area contributed by atoms with Crippen LogP contribution in [0, 0.1) is 11.8 Å². The van der Waals surface area contributed by atoms with E-state index in [4.69, 9.17) is 9.47 Å². The van der Waals surface area contributed by atoms with E-state index in [1.165, 1.54) is 186 Å². The molecule has 0 aromatic heterocycles. The zero-order chi connectivity index (χ0) is 41.7. The van der Waals surface area contributed by atoms with Gasteiger partial charge in [0.05, 0.1) is 19.8 Å². The third kappa shape index (κ3) is 42.0. The first kappa shape index (κ1) is 56.5. The summed E-state index contributed by atoms with van der Waals surface area (Å²) in [5.41, 5.74) is 0. The molecule has 57 heavy (non-hydrogen) atoms. The van der Waals surface area contributed by atoms with E-state index in [0.29, 0.717) is 44.4 Å². The number of ether oxygens (including phenoxy) is 2. The largest absolute Gasteiger partial charge is 0.395 e. The predicted octanol–water partition coefficient (Wildman–Crippen LogP) is 14.5. The zero-order valence-electron chi connectivity index (χ0n) is 39.1. The summed E-state index contributed by atoms with van der Waals surface area (Å²) in [7, 11) is 0. The average Bonchev–Trinajstić information content (AvgIpc) is 3.21. The fraction of sp³-hybridized carbons (Fsp3) is 0.961. The van der Waals surface area contributed by atoms with Gasteiger partial charge in [-0.15, -0.1) is 0 Å². The van der Waals surface area contributed by atoms with Crippen molar-refractivity contribution in [1.29, 1.82) is 0 Å². The summed E-state index contributed by atoms with van der Waals surface area (Å²) in [5, 5.41) is 31.2. The van der Waals surface area contributed by atoms with E-state index in [-0.39, 0.29) is 6.61 Å². The lowest BCUT2D eigenvalue weighted by atomic mass is 9.94. The van der Waals surface area contributed by atoms with Crippen molar-refractivity contribution in [2.24, 2.45) is 11.8 Å². The maximum atomic E-state index is 10.8. The summed E-state index contributed by atoms with van der Waals surface area (Å²) in [6.07, 6.45) is 46.4. The summed E-state index contributed by atoms with van der Waals surface area (Å²) in [4.78, 5) is 2.29. The topological polar surface area (TPSA) is 82.4 Å². The van der Waals surface area contributed by atoms with Gasteiger partial charge in [-0.05, 0) is 95.6 Å². The van der Waals surface area contributed by atoms with Crippen molar-refractivity contribution >= 4 is 0 Å². The first-order valence-electron chi connectivity index (χ1n) is 25.6. The Morgan fingerprint density at radius 1 is 0.404 bits per heavy atom. The van der Waals surface area contributed by atoms with E-state index in [0.717, 1.165) is 38.8 Å². The highest BCUT2D eigenvalue weighted by molar-refractivity contribution is 4.84. The Labute approximate surface area is 357 Å².